The summed E-state index contributed by atoms with van der Waals surface area (Å²) in [6.07, 6.45) is -0.466. The molecule has 0 unspecified atom stereocenters. The number of ether oxygens (including phenoxy) is 2. The van der Waals surface area contributed by atoms with Gasteiger partial charge >= 0.3 is 6.09 Å². The fraction of sp³-hybridized carbons (Fsp3) is 0.692. The molecule has 19 heavy (non-hydrogen) atoms. The second-order valence-corrected chi connectivity index (χ2v) is 5.08. The van der Waals surface area contributed by atoms with Crippen LogP contribution in [-0.2, 0) is 14.3 Å². The second-order valence-electron chi connectivity index (χ2n) is 5.08. The molecule has 0 atom stereocenters. The van der Waals surface area contributed by atoms with Crippen molar-refractivity contribution >= 4 is 12.0 Å². The molecule has 0 saturated heterocycles. The molecule has 0 aromatic rings. The quantitative estimate of drug-likeness (QED) is 0.539. The lowest BCUT2D eigenvalue weighted by Crippen LogP contribution is -2.34. The summed E-state index contributed by atoms with van der Waals surface area (Å²) >= 11 is 0. The fourth-order valence-electron chi connectivity index (χ4n) is 1.03. The minimum atomic E-state index is -0.502. The second kappa shape index (κ2) is 8.53. The minimum Gasteiger partial charge on any atom is -0.444 e. The fourth-order valence-corrected chi connectivity index (χ4v) is 1.03. The molecule has 0 radical (unpaired) electrons. The average Bonchev–Trinajstić information content (AvgIpc) is 2.24. The van der Waals surface area contributed by atoms with Gasteiger partial charge in [0, 0.05) is 18.7 Å². The van der Waals surface area contributed by atoms with E-state index in [1.165, 1.54) is 0 Å². The molecular weight excluding hydrogens is 248 g/mol. The first-order valence-electron chi connectivity index (χ1n) is 6.20. The van der Waals surface area contributed by atoms with E-state index in [0.29, 0.717) is 31.9 Å². The van der Waals surface area contributed by atoms with Crippen LogP contribution in [0.1, 0.15) is 27.7 Å². The van der Waals surface area contributed by atoms with Crippen molar-refractivity contribution in [2.45, 2.75) is 33.3 Å². The number of hydrogen-bond donors (Lipinski definition) is 2. The van der Waals surface area contributed by atoms with Gasteiger partial charge in [-0.2, -0.15) is 0 Å². The van der Waals surface area contributed by atoms with Gasteiger partial charge < -0.3 is 20.1 Å². The maximum atomic E-state index is 11.3. The summed E-state index contributed by atoms with van der Waals surface area (Å²) in [5.41, 5.74) is -0.0378. The van der Waals surface area contributed by atoms with E-state index in [4.69, 9.17) is 9.47 Å². The molecular formula is C13H24N2O4. The monoisotopic (exact) mass is 272 g/mol. The summed E-state index contributed by atoms with van der Waals surface area (Å²) in [6, 6.07) is 0. The zero-order valence-electron chi connectivity index (χ0n) is 12.2. The summed E-state index contributed by atoms with van der Waals surface area (Å²) in [5.74, 6) is -0.185. The maximum absolute atomic E-state index is 11.3. The van der Waals surface area contributed by atoms with Crippen LogP contribution in [0, 0.1) is 0 Å². The van der Waals surface area contributed by atoms with Crippen molar-refractivity contribution in [2.24, 2.45) is 0 Å². The Morgan fingerprint density at radius 3 is 2.11 bits per heavy atom. The van der Waals surface area contributed by atoms with E-state index in [1.54, 1.807) is 27.7 Å². The van der Waals surface area contributed by atoms with Crippen LogP contribution in [0.25, 0.3) is 0 Å². The van der Waals surface area contributed by atoms with Crippen LogP contribution in [0.4, 0.5) is 4.79 Å². The zero-order valence-corrected chi connectivity index (χ0v) is 12.2. The van der Waals surface area contributed by atoms with E-state index in [2.05, 4.69) is 17.2 Å². The predicted octanol–water partition coefficient (Wildman–Crippen LogP) is 1.22. The number of rotatable bonds is 7. The Labute approximate surface area is 114 Å². The molecule has 0 heterocycles. The summed E-state index contributed by atoms with van der Waals surface area (Å²) in [7, 11) is 0. The van der Waals surface area contributed by atoms with E-state index in [0.717, 1.165) is 0 Å². The Morgan fingerprint density at radius 2 is 1.63 bits per heavy atom. The van der Waals surface area contributed by atoms with E-state index in [-0.39, 0.29) is 5.91 Å². The van der Waals surface area contributed by atoms with E-state index in [9.17, 15) is 9.59 Å². The first-order chi connectivity index (χ1) is 8.72. The van der Waals surface area contributed by atoms with E-state index >= 15 is 0 Å². The largest absolute Gasteiger partial charge is 0.444 e. The third-order valence-electron chi connectivity index (χ3n) is 1.83. The van der Waals surface area contributed by atoms with E-state index < -0.39 is 11.7 Å². The lowest BCUT2D eigenvalue weighted by atomic mass is 10.2. The number of alkyl carbamates (subject to hydrolysis) is 1. The number of nitrogens with one attached hydrogen (secondary N) is 2. The SMILES string of the molecule is C=C(C)C(=O)NCCOCCNC(=O)OC(C)(C)C. The molecule has 0 aliphatic heterocycles. The summed E-state index contributed by atoms with van der Waals surface area (Å²) < 4.78 is 10.3. The van der Waals surface area contributed by atoms with Gasteiger partial charge in [-0.1, -0.05) is 6.58 Å². The lowest BCUT2D eigenvalue weighted by molar-refractivity contribution is -0.117. The highest BCUT2D eigenvalue weighted by Crippen LogP contribution is 2.05. The molecule has 0 aliphatic carbocycles. The van der Waals surface area contributed by atoms with Gasteiger partial charge in [0.25, 0.3) is 0 Å². The number of hydrogen-bond acceptors (Lipinski definition) is 4. The Bertz CT molecular complexity index is 321. The molecule has 0 bridgehead atoms. The molecule has 6 nitrogen and oxygen atoms in total. The normalized spacial score (nSPS) is 10.7. The molecule has 0 rings (SSSR count). The first kappa shape index (κ1) is 17.4. The molecule has 2 N–H and O–H groups in total. The number of amides is 2. The molecule has 0 aromatic heterocycles. The van der Waals surface area contributed by atoms with Crippen molar-refractivity contribution in [3.05, 3.63) is 12.2 Å². The van der Waals surface area contributed by atoms with Gasteiger partial charge in [0.05, 0.1) is 13.2 Å². The van der Waals surface area contributed by atoms with Gasteiger partial charge in [0.1, 0.15) is 5.60 Å². The molecule has 2 amide bonds. The Hall–Kier alpha value is -1.56. The van der Waals surface area contributed by atoms with Gasteiger partial charge in [-0.15, -0.1) is 0 Å². The molecule has 0 saturated carbocycles. The van der Waals surface area contributed by atoms with Crippen molar-refractivity contribution in [3.8, 4) is 0 Å². The van der Waals surface area contributed by atoms with Crippen molar-refractivity contribution in [3.63, 3.8) is 0 Å². The smallest absolute Gasteiger partial charge is 0.407 e. The van der Waals surface area contributed by atoms with Crippen molar-refractivity contribution in [1.82, 2.24) is 10.6 Å². The van der Waals surface area contributed by atoms with E-state index in [1.807, 2.05) is 0 Å². The number of carbonyl (C=O) groups excluding carboxylic acids is 2. The van der Waals surface area contributed by atoms with Gasteiger partial charge in [0.2, 0.25) is 5.91 Å². The minimum absolute atomic E-state index is 0.185. The van der Waals surface area contributed by atoms with Gasteiger partial charge in [-0.25, -0.2) is 4.79 Å². The highest BCUT2D eigenvalue weighted by molar-refractivity contribution is 5.92. The third kappa shape index (κ3) is 11.3. The van der Waals surface area contributed by atoms with Crippen LogP contribution in [0.3, 0.4) is 0 Å². The van der Waals surface area contributed by atoms with Crippen molar-refractivity contribution in [1.29, 1.82) is 0 Å². The predicted molar refractivity (Wildman–Crippen MR) is 72.9 cm³/mol. The summed E-state index contributed by atoms with van der Waals surface area (Å²) in [5, 5.41) is 5.21. The summed E-state index contributed by atoms with van der Waals surface area (Å²) in [6.45, 7) is 12.1. The Balaban J connectivity index is 3.44. The highest BCUT2D eigenvalue weighted by atomic mass is 16.6. The van der Waals surface area contributed by atoms with Crippen LogP contribution in [0.5, 0.6) is 0 Å². The van der Waals surface area contributed by atoms with Crippen LogP contribution in [0.15, 0.2) is 12.2 Å². The van der Waals surface area contributed by atoms with Crippen LogP contribution in [-0.4, -0.2) is 43.9 Å². The van der Waals surface area contributed by atoms with Gasteiger partial charge in [-0.3, -0.25) is 4.79 Å². The molecule has 0 fully saturated rings. The van der Waals surface area contributed by atoms with Crippen molar-refractivity contribution in [2.75, 3.05) is 26.3 Å². The van der Waals surface area contributed by atoms with Crippen LogP contribution >= 0.6 is 0 Å². The molecule has 0 aromatic carbocycles. The molecule has 6 heteroatoms. The molecule has 0 spiro atoms. The Morgan fingerprint density at radius 1 is 1.11 bits per heavy atom. The lowest BCUT2D eigenvalue weighted by Gasteiger charge is -2.19. The standard InChI is InChI=1S/C13H24N2O4/c1-10(2)11(16)14-6-8-18-9-7-15-12(17)19-13(3,4)5/h1,6-9H2,2-5H3,(H,14,16)(H,15,17). The molecule has 0 aliphatic rings. The third-order valence-corrected chi connectivity index (χ3v) is 1.83. The van der Waals surface area contributed by atoms with Gasteiger partial charge in [0.15, 0.2) is 0 Å². The Kier molecular flexibility index (Phi) is 7.83. The maximum Gasteiger partial charge on any atom is 0.407 e. The van der Waals surface area contributed by atoms with Crippen molar-refractivity contribution < 1.29 is 19.1 Å². The molecule has 110 valence electrons. The average molecular weight is 272 g/mol. The topological polar surface area (TPSA) is 76.7 Å². The van der Waals surface area contributed by atoms with Crippen LogP contribution in [0.2, 0.25) is 0 Å². The van der Waals surface area contributed by atoms with Gasteiger partial charge in [-0.05, 0) is 27.7 Å². The zero-order chi connectivity index (χ0) is 14.9. The first-order valence-corrected chi connectivity index (χ1v) is 6.20. The number of carbonyl (C=O) groups is 2. The summed E-state index contributed by atoms with van der Waals surface area (Å²) in [4.78, 5) is 22.4. The highest BCUT2D eigenvalue weighted by Gasteiger charge is 2.15. The van der Waals surface area contributed by atoms with Crippen LogP contribution < -0.4 is 10.6 Å².